The molecule has 2 nitrogen and oxygen atoms in total. The topological polar surface area (TPSA) is 20.3 Å². The molecule has 0 radical (unpaired) electrons. The number of alkyl halides is 1. The Labute approximate surface area is 132 Å². The third-order valence-corrected chi connectivity index (χ3v) is 5.03. The van der Waals surface area contributed by atoms with Gasteiger partial charge in [0.25, 0.3) is 5.91 Å². The minimum atomic E-state index is 0.0149. The lowest BCUT2D eigenvalue weighted by Crippen LogP contribution is -2.44. The van der Waals surface area contributed by atoms with Crippen molar-refractivity contribution in [2.24, 2.45) is 0 Å². The summed E-state index contributed by atoms with van der Waals surface area (Å²) in [6, 6.07) is 5.70. The fourth-order valence-electron chi connectivity index (χ4n) is 2.52. The Morgan fingerprint density at radius 3 is 2.95 bits per heavy atom. The summed E-state index contributed by atoms with van der Waals surface area (Å²) in [5.74, 6) is 0.599. The van der Waals surface area contributed by atoms with Gasteiger partial charge in [0.2, 0.25) is 0 Å². The number of hydrogen-bond donors (Lipinski definition) is 0. The first-order chi connectivity index (χ1) is 9.15. The number of halogens is 3. The molecular formula is C14H16BrCl2NO. The van der Waals surface area contributed by atoms with E-state index in [2.05, 4.69) is 15.9 Å². The van der Waals surface area contributed by atoms with Gasteiger partial charge in [-0.25, -0.2) is 0 Å². The number of amides is 1. The Morgan fingerprint density at radius 1 is 1.42 bits per heavy atom. The Kier molecular flexibility index (Phi) is 5.55. The first-order valence-electron chi connectivity index (χ1n) is 6.46. The molecule has 19 heavy (non-hydrogen) atoms. The molecule has 104 valence electrons. The third kappa shape index (κ3) is 3.45. The first kappa shape index (κ1) is 15.1. The summed E-state index contributed by atoms with van der Waals surface area (Å²) in [6.07, 6.45) is 4.09. The second-order valence-electron chi connectivity index (χ2n) is 4.73. The fourth-order valence-corrected chi connectivity index (χ4v) is 3.34. The van der Waals surface area contributed by atoms with E-state index in [4.69, 9.17) is 23.2 Å². The molecule has 1 aromatic rings. The molecule has 1 heterocycles. The van der Waals surface area contributed by atoms with Crippen LogP contribution in [0.5, 0.6) is 0 Å². The zero-order chi connectivity index (χ0) is 13.8. The van der Waals surface area contributed by atoms with Crippen molar-refractivity contribution < 1.29 is 4.79 Å². The van der Waals surface area contributed by atoms with Gasteiger partial charge in [0.15, 0.2) is 0 Å². The van der Waals surface area contributed by atoms with E-state index in [1.807, 2.05) is 17.0 Å². The van der Waals surface area contributed by atoms with Gasteiger partial charge >= 0.3 is 0 Å². The standard InChI is InChI=1S/C14H16BrCl2NO/c15-12-6-3-5-11(13(12)17)14(19)18-9-2-1-4-10(18)7-8-16/h3,5-6,10H,1-2,4,7-9H2. The molecule has 1 aromatic carbocycles. The number of rotatable bonds is 3. The molecule has 0 N–H and O–H groups in total. The molecule has 5 heteroatoms. The van der Waals surface area contributed by atoms with Crippen LogP contribution in [0.4, 0.5) is 0 Å². The van der Waals surface area contributed by atoms with Gasteiger partial charge in [-0.2, -0.15) is 0 Å². The number of hydrogen-bond acceptors (Lipinski definition) is 1. The van der Waals surface area contributed by atoms with E-state index < -0.39 is 0 Å². The fraction of sp³-hybridized carbons (Fsp3) is 0.500. The molecule has 1 fully saturated rings. The molecule has 1 aliphatic heterocycles. The van der Waals surface area contributed by atoms with Gasteiger partial charge in [-0.05, 0) is 53.7 Å². The summed E-state index contributed by atoms with van der Waals surface area (Å²) in [5.41, 5.74) is 0.567. The van der Waals surface area contributed by atoms with Crippen molar-refractivity contribution in [1.29, 1.82) is 0 Å². The van der Waals surface area contributed by atoms with Crippen molar-refractivity contribution in [1.82, 2.24) is 4.90 Å². The van der Waals surface area contributed by atoms with E-state index in [0.717, 1.165) is 36.7 Å². The van der Waals surface area contributed by atoms with Crippen LogP contribution in [0, 0.1) is 0 Å². The van der Waals surface area contributed by atoms with Crippen LogP contribution in [-0.2, 0) is 0 Å². The smallest absolute Gasteiger partial charge is 0.255 e. The minimum Gasteiger partial charge on any atom is -0.336 e. The highest BCUT2D eigenvalue weighted by molar-refractivity contribution is 9.10. The Hall–Kier alpha value is -0.250. The normalized spacial score (nSPS) is 19.5. The van der Waals surface area contributed by atoms with Gasteiger partial charge < -0.3 is 4.90 Å². The molecule has 1 aliphatic rings. The van der Waals surface area contributed by atoms with Crippen molar-refractivity contribution in [2.45, 2.75) is 31.7 Å². The number of benzene rings is 1. The summed E-state index contributed by atoms with van der Waals surface area (Å²) in [7, 11) is 0. The highest BCUT2D eigenvalue weighted by Gasteiger charge is 2.28. The molecule has 0 aromatic heterocycles. The second kappa shape index (κ2) is 6.96. The van der Waals surface area contributed by atoms with Gasteiger partial charge in [0, 0.05) is 22.9 Å². The number of nitrogens with zero attached hydrogens (tertiary/aromatic N) is 1. The van der Waals surface area contributed by atoms with Crippen LogP contribution >= 0.6 is 39.1 Å². The van der Waals surface area contributed by atoms with Gasteiger partial charge in [-0.15, -0.1) is 11.6 Å². The lowest BCUT2D eigenvalue weighted by Gasteiger charge is -2.35. The average molecular weight is 365 g/mol. The molecule has 0 saturated carbocycles. The summed E-state index contributed by atoms with van der Waals surface area (Å²) in [5, 5.41) is 0.489. The van der Waals surface area contributed by atoms with Crippen molar-refractivity contribution in [3.05, 3.63) is 33.3 Å². The second-order valence-corrected chi connectivity index (χ2v) is 6.34. The van der Waals surface area contributed by atoms with E-state index in [1.54, 1.807) is 6.07 Å². The van der Waals surface area contributed by atoms with Crippen LogP contribution in [-0.4, -0.2) is 29.3 Å². The van der Waals surface area contributed by atoms with Gasteiger partial charge in [-0.1, -0.05) is 17.7 Å². The minimum absolute atomic E-state index is 0.0149. The van der Waals surface area contributed by atoms with Crippen LogP contribution < -0.4 is 0 Å². The van der Waals surface area contributed by atoms with E-state index in [1.165, 1.54) is 0 Å². The van der Waals surface area contributed by atoms with Crippen LogP contribution in [0.3, 0.4) is 0 Å². The lowest BCUT2D eigenvalue weighted by molar-refractivity contribution is 0.0609. The molecule has 1 saturated heterocycles. The maximum atomic E-state index is 12.6. The van der Waals surface area contributed by atoms with Gasteiger partial charge in [0.05, 0.1) is 10.6 Å². The van der Waals surface area contributed by atoms with Crippen LogP contribution in [0.2, 0.25) is 5.02 Å². The largest absolute Gasteiger partial charge is 0.336 e. The maximum absolute atomic E-state index is 12.6. The zero-order valence-corrected chi connectivity index (χ0v) is 13.6. The molecule has 2 rings (SSSR count). The Morgan fingerprint density at radius 2 is 2.21 bits per heavy atom. The van der Waals surface area contributed by atoms with Crippen LogP contribution in [0.15, 0.2) is 22.7 Å². The Balaban J connectivity index is 2.23. The number of piperidine rings is 1. The van der Waals surface area contributed by atoms with Crippen molar-refractivity contribution in [3.63, 3.8) is 0 Å². The highest BCUT2D eigenvalue weighted by atomic mass is 79.9. The first-order valence-corrected chi connectivity index (χ1v) is 8.16. The quantitative estimate of drug-likeness (QED) is 0.710. The van der Waals surface area contributed by atoms with E-state index in [9.17, 15) is 4.79 Å². The van der Waals surface area contributed by atoms with Gasteiger partial charge in [0.1, 0.15) is 0 Å². The molecule has 1 atom stereocenters. The molecule has 1 unspecified atom stereocenters. The summed E-state index contributed by atoms with van der Waals surface area (Å²) < 4.78 is 0.755. The van der Waals surface area contributed by atoms with Crippen LogP contribution in [0.25, 0.3) is 0 Å². The molecular weight excluding hydrogens is 349 g/mol. The van der Waals surface area contributed by atoms with E-state index in [-0.39, 0.29) is 11.9 Å². The van der Waals surface area contributed by atoms with E-state index >= 15 is 0 Å². The summed E-state index contributed by atoms with van der Waals surface area (Å²) in [4.78, 5) is 14.6. The predicted octanol–water partition coefficient (Wildman–Crippen LogP) is 4.73. The maximum Gasteiger partial charge on any atom is 0.255 e. The molecule has 1 amide bonds. The zero-order valence-electron chi connectivity index (χ0n) is 10.5. The summed E-state index contributed by atoms with van der Waals surface area (Å²) in [6.45, 7) is 0.795. The number of likely N-dealkylation sites (tertiary alicyclic amines) is 1. The SMILES string of the molecule is O=C(c1cccc(Br)c1Cl)N1CCCCC1CCCl. The van der Waals surface area contributed by atoms with Crippen molar-refractivity contribution in [3.8, 4) is 0 Å². The molecule has 0 spiro atoms. The Bertz CT molecular complexity index is 465. The molecule has 0 aliphatic carbocycles. The highest BCUT2D eigenvalue weighted by Crippen LogP contribution is 2.29. The predicted molar refractivity (Wildman–Crippen MR) is 83.2 cm³/mol. The number of carbonyl (C=O) groups is 1. The van der Waals surface area contributed by atoms with Crippen molar-refractivity contribution >= 4 is 45.0 Å². The lowest BCUT2D eigenvalue weighted by atomic mass is 9.99. The van der Waals surface area contributed by atoms with Crippen molar-refractivity contribution in [2.75, 3.05) is 12.4 Å². The third-order valence-electron chi connectivity index (χ3n) is 3.51. The average Bonchev–Trinajstić information content (AvgIpc) is 2.42. The molecule has 0 bridgehead atoms. The van der Waals surface area contributed by atoms with Crippen LogP contribution in [0.1, 0.15) is 36.0 Å². The number of carbonyl (C=O) groups excluding carboxylic acids is 1. The monoisotopic (exact) mass is 363 g/mol. The summed E-state index contributed by atoms with van der Waals surface area (Å²) >= 11 is 15.4. The van der Waals surface area contributed by atoms with Gasteiger partial charge in [-0.3, -0.25) is 4.79 Å². The van der Waals surface area contributed by atoms with E-state index in [0.29, 0.717) is 16.5 Å².